The van der Waals surface area contributed by atoms with E-state index in [9.17, 15) is 4.79 Å². The summed E-state index contributed by atoms with van der Waals surface area (Å²) < 4.78 is 0. The van der Waals surface area contributed by atoms with Gasteiger partial charge in [-0.15, -0.1) is 0 Å². The van der Waals surface area contributed by atoms with Crippen molar-refractivity contribution >= 4 is 11.9 Å². The molecule has 2 rings (SSSR count). The van der Waals surface area contributed by atoms with Crippen molar-refractivity contribution in [1.82, 2.24) is 15.3 Å². The maximum absolute atomic E-state index is 10.8. The zero-order chi connectivity index (χ0) is 15.8. The van der Waals surface area contributed by atoms with Crippen molar-refractivity contribution in [3.63, 3.8) is 0 Å². The molecule has 0 amide bonds. The summed E-state index contributed by atoms with van der Waals surface area (Å²) in [6.45, 7) is 0.438. The Morgan fingerprint density at radius 3 is 2.36 bits per heavy atom. The second-order valence-corrected chi connectivity index (χ2v) is 4.71. The summed E-state index contributed by atoms with van der Waals surface area (Å²) in [5, 5.41) is 23.5. The first-order valence-corrected chi connectivity index (χ1v) is 6.85. The van der Waals surface area contributed by atoms with Crippen molar-refractivity contribution in [2.75, 3.05) is 11.9 Å². The molecule has 7 nitrogen and oxygen atoms in total. The molecule has 0 fully saturated rings. The van der Waals surface area contributed by atoms with E-state index in [1.165, 1.54) is 0 Å². The van der Waals surface area contributed by atoms with E-state index in [-0.39, 0.29) is 6.54 Å². The molecule has 1 heterocycles. The van der Waals surface area contributed by atoms with Crippen LogP contribution in [0.1, 0.15) is 11.1 Å². The van der Waals surface area contributed by atoms with Crippen molar-refractivity contribution in [3.8, 4) is 0 Å². The summed E-state index contributed by atoms with van der Waals surface area (Å²) in [6, 6.07) is 8.91. The van der Waals surface area contributed by atoms with E-state index in [4.69, 9.17) is 10.2 Å². The van der Waals surface area contributed by atoms with E-state index in [1.54, 1.807) is 12.4 Å². The maximum Gasteiger partial charge on any atom is 0.323 e. The number of rotatable bonds is 8. The van der Waals surface area contributed by atoms with Crippen LogP contribution in [0.15, 0.2) is 42.7 Å². The zero-order valence-electron chi connectivity index (χ0n) is 11.9. The number of nitrogens with zero attached hydrogens (tertiary/aromatic N) is 2. The fourth-order valence-electron chi connectivity index (χ4n) is 1.79. The molecule has 0 spiro atoms. The largest absolute Gasteiger partial charge is 0.480 e. The number of anilines is 1. The molecule has 0 saturated heterocycles. The third-order valence-corrected chi connectivity index (χ3v) is 3.03. The average Bonchev–Trinajstić information content (AvgIpc) is 2.55. The molecule has 4 N–H and O–H groups in total. The molecule has 0 saturated carbocycles. The van der Waals surface area contributed by atoms with Crippen LogP contribution >= 0.6 is 0 Å². The molecule has 22 heavy (non-hydrogen) atoms. The van der Waals surface area contributed by atoms with E-state index in [0.717, 1.165) is 11.1 Å². The summed E-state index contributed by atoms with van der Waals surface area (Å²) in [6.07, 6.45) is 3.23. The van der Waals surface area contributed by atoms with Crippen molar-refractivity contribution in [3.05, 3.63) is 53.9 Å². The minimum absolute atomic E-state index is 0.274. The first-order valence-electron chi connectivity index (χ1n) is 6.85. The maximum atomic E-state index is 10.8. The SMILES string of the molecule is O=C(O)[C@H](CO)NCc1cnc(NCc2ccccc2)nc1. The highest BCUT2D eigenvalue weighted by Gasteiger charge is 2.14. The summed E-state index contributed by atoms with van der Waals surface area (Å²) in [7, 11) is 0. The van der Waals surface area contributed by atoms with E-state index < -0.39 is 18.6 Å². The number of carboxylic acid groups (broad SMARTS) is 1. The Hall–Kier alpha value is -2.51. The molecule has 7 heteroatoms. The van der Waals surface area contributed by atoms with Crippen LogP contribution < -0.4 is 10.6 Å². The fourth-order valence-corrected chi connectivity index (χ4v) is 1.79. The van der Waals surface area contributed by atoms with Crippen LogP contribution in [0, 0.1) is 0 Å². The predicted octanol–water partition coefficient (Wildman–Crippen LogP) is 0.624. The van der Waals surface area contributed by atoms with Crippen molar-refractivity contribution in [2.45, 2.75) is 19.1 Å². The molecule has 0 aliphatic heterocycles. The van der Waals surface area contributed by atoms with Gasteiger partial charge >= 0.3 is 5.97 Å². The van der Waals surface area contributed by atoms with E-state index in [0.29, 0.717) is 12.5 Å². The van der Waals surface area contributed by atoms with Gasteiger partial charge in [0.1, 0.15) is 6.04 Å². The lowest BCUT2D eigenvalue weighted by atomic mass is 10.2. The van der Waals surface area contributed by atoms with Crippen LogP contribution in [-0.2, 0) is 17.9 Å². The first kappa shape index (κ1) is 15.9. The standard InChI is InChI=1S/C15H18N4O3/c20-10-13(14(21)22)16-7-12-8-18-15(19-9-12)17-6-11-4-2-1-3-5-11/h1-5,8-9,13,16,20H,6-7,10H2,(H,21,22)(H,17,18,19)/t13-/m0/s1. The molecule has 2 aromatic rings. The van der Waals surface area contributed by atoms with Gasteiger partial charge in [0.25, 0.3) is 0 Å². The molecule has 0 aliphatic rings. The van der Waals surface area contributed by atoms with Crippen LogP contribution in [0.2, 0.25) is 0 Å². The van der Waals surface area contributed by atoms with Gasteiger partial charge in [0, 0.05) is 31.0 Å². The number of aromatic nitrogens is 2. The van der Waals surface area contributed by atoms with Crippen LogP contribution in [0.3, 0.4) is 0 Å². The lowest BCUT2D eigenvalue weighted by molar-refractivity contribution is -0.140. The quantitative estimate of drug-likeness (QED) is 0.566. The van der Waals surface area contributed by atoms with Gasteiger partial charge in [-0.05, 0) is 5.56 Å². The van der Waals surface area contributed by atoms with Crippen LogP contribution in [0.5, 0.6) is 0 Å². The molecule has 1 aromatic carbocycles. The number of nitrogens with one attached hydrogen (secondary N) is 2. The lowest BCUT2D eigenvalue weighted by Gasteiger charge is -2.11. The van der Waals surface area contributed by atoms with Crippen molar-refractivity contribution < 1.29 is 15.0 Å². The molecular weight excluding hydrogens is 284 g/mol. The van der Waals surface area contributed by atoms with Crippen molar-refractivity contribution in [2.24, 2.45) is 0 Å². The van der Waals surface area contributed by atoms with E-state index in [1.807, 2.05) is 30.3 Å². The Labute approximate surface area is 128 Å². The molecule has 0 bridgehead atoms. The monoisotopic (exact) mass is 302 g/mol. The minimum atomic E-state index is -1.09. The van der Waals surface area contributed by atoms with Gasteiger partial charge in [0.2, 0.25) is 5.95 Å². The topological polar surface area (TPSA) is 107 Å². The smallest absolute Gasteiger partial charge is 0.323 e. The molecular formula is C15H18N4O3. The normalized spacial score (nSPS) is 11.9. The molecule has 0 aliphatic carbocycles. The lowest BCUT2D eigenvalue weighted by Crippen LogP contribution is -2.39. The highest BCUT2D eigenvalue weighted by atomic mass is 16.4. The van der Waals surface area contributed by atoms with E-state index >= 15 is 0 Å². The van der Waals surface area contributed by atoms with Crippen molar-refractivity contribution in [1.29, 1.82) is 0 Å². The summed E-state index contributed by atoms with van der Waals surface area (Å²) in [5.74, 6) is -0.589. The Balaban J connectivity index is 1.83. The predicted molar refractivity (Wildman–Crippen MR) is 81.2 cm³/mol. The second kappa shape index (κ2) is 8.06. The van der Waals surface area contributed by atoms with Gasteiger partial charge in [-0.1, -0.05) is 30.3 Å². The van der Waals surface area contributed by atoms with Crippen LogP contribution in [-0.4, -0.2) is 38.8 Å². The van der Waals surface area contributed by atoms with Crippen LogP contribution in [0.25, 0.3) is 0 Å². The summed E-state index contributed by atoms with van der Waals surface area (Å²) in [5.41, 5.74) is 1.87. The molecule has 1 aromatic heterocycles. The minimum Gasteiger partial charge on any atom is -0.480 e. The van der Waals surface area contributed by atoms with Gasteiger partial charge < -0.3 is 15.5 Å². The zero-order valence-corrected chi connectivity index (χ0v) is 11.9. The van der Waals surface area contributed by atoms with Gasteiger partial charge in [-0.3, -0.25) is 10.1 Å². The van der Waals surface area contributed by atoms with E-state index in [2.05, 4.69) is 20.6 Å². The number of hydrogen-bond donors (Lipinski definition) is 4. The van der Waals surface area contributed by atoms with Gasteiger partial charge in [-0.2, -0.15) is 0 Å². The average molecular weight is 302 g/mol. The fraction of sp³-hybridized carbons (Fsp3) is 0.267. The first-order chi connectivity index (χ1) is 10.7. The Bertz CT molecular complexity index is 589. The number of aliphatic carboxylic acids is 1. The Kier molecular flexibility index (Phi) is 5.81. The number of carboxylic acids is 1. The number of aliphatic hydroxyl groups excluding tert-OH is 1. The highest BCUT2D eigenvalue weighted by molar-refractivity contribution is 5.73. The summed E-state index contributed by atoms with van der Waals surface area (Å²) >= 11 is 0. The Morgan fingerprint density at radius 2 is 1.77 bits per heavy atom. The third kappa shape index (κ3) is 4.80. The number of benzene rings is 1. The highest BCUT2D eigenvalue weighted by Crippen LogP contribution is 2.04. The number of hydrogen-bond acceptors (Lipinski definition) is 6. The summed E-state index contributed by atoms with van der Waals surface area (Å²) in [4.78, 5) is 19.1. The van der Waals surface area contributed by atoms with Gasteiger partial charge in [0.05, 0.1) is 6.61 Å². The second-order valence-electron chi connectivity index (χ2n) is 4.71. The van der Waals surface area contributed by atoms with Crippen LogP contribution in [0.4, 0.5) is 5.95 Å². The Morgan fingerprint density at radius 1 is 1.09 bits per heavy atom. The molecule has 0 radical (unpaired) electrons. The molecule has 1 atom stereocenters. The number of aliphatic hydroxyl groups is 1. The molecule has 116 valence electrons. The van der Waals surface area contributed by atoms with Gasteiger partial charge in [-0.25, -0.2) is 9.97 Å². The van der Waals surface area contributed by atoms with Gasteiger partial charge in [0.15, 0.2) is 0 Å². The number of carbonyl (C=O) groups is 1. The molecule has 0 unspecified atom stereocenters. The third-order valence-electron chi connectivity index (χ3n) is 3.03.